The molecular formula is C15H16N4O. The molecule has 5 heteroatoms. The minimum Gasteiger partial charge on any atom is -0.354 e. The summed E-state index contributed by atoms with van der Waals surface area (Å²) in [5, 5.41) is 3.06. The van der Waals surface area contributed by atoms with Gasteiger partial charge in [0.1, 0.15) is 5.82 Å². The zero-order valence-electron chi connectivity index (χ0n) is 11.1. The maximum atomic E-state index is 12.1. The molecule has 1 fully saturated rings. The second-order valence-corrected chi connectivity index (χ2v) is 4.83. The number of anilines is 1. The van der Waals surface area contributed by atoms with Crippen molar-refractivity contribution in [1.29, 1.82) is 0 Å². The van der Waals surface area contributed by atoms with E-state index in [0.717, 1.165) is 25.3 Å². The van der Waals surface area contributed by atoms with E-state index in [4.69, 9.17) is 0 Å². The third kappa shape index (κ3) is 2.77. The predicted octanol–water partition coefficient (Wildman–Crippen LogP) is 1.49. The van der Waals surface area contributed by atoms with Crippen LogP contribution >= 0.6 is 0 Å². The van der Waals surface area contributed by atoms with Crippen molar-refractivity contribution >= 4 is 11.7 Å². The maximum Gasteiger partial charge on any atom is 0.251 e. The fourth-order valence-electron chi connectivity index (χ4n) is 2.40. The van der Waals surface area contributed by atoms with Gasteiger partial charge in [0.2, 0.25) is 0 Å². The molecule has 3 rings (SSSR count). The molecule has 0 radical (unpaired) electrons. The average Bonchev–Trinajstić information content (AvgIpc) is 2.97. The highest BCUT2D eigenvalue weighted by molar-refractivity contribution is 5.94. The Balaban J connectivity index is 1.60. The van der Waals surface area contributed by atoms with Crippen molar-refractivity contribution in [3.63, 3.8) is 0 Å². The average molecular weight is 268 g/mol. The van der Waals surface area contributed by atoms with Gasteiger partial charge >= 0.3 is 0 Å². The van der Waals surface area contributed by atoms with Crippen LogP contribution in [0.15, 0.2) is 48.9 Å². The number of carbonyl (C=O) groups excluding carboxylic acids is 1. The van der Waals surface area contributed by atoms with Gasteiger partial charge in [-0.2, -0.15) is 0 Å². The summed E-state index contributed by atoms with van der Waals surface area (Å²) in [6.07, 6.45) is 5.99. The monoisotopic (exact) mass is 268 g/mol. The van der Waals surface area contributed by atoms with Gasteiger partial charge in [0.05, 0.1) is 0 Å². The predicted molar refractivity (Wildman–Crippen MR) is 76.6 cm³/mol. The number of aromatic nitrogens is 2. The number of nitrogens with zero attached hydrogens (tertiary/aromatic N) is 3. The zero-order chi connectivity index (χ0) is 13.8. The molecular weight excluding hydrogens is 252 g/mol. The Bertz CT molecular complexity index is 573. The van der Waals surface area contributed by atoms with Gasteiger partial charge in [-0.25, -0.2) is 4.98 Å². The van der Waals surface area contributed by atoms with E-state index in [0.29, 0.717) is 5.56 Å². The van der Waals surface area contributed by atoms with Gasteiger partial charge in [0, 0.05) is 43.3 Å². The second kappa shape index (κ2) is 5.69. The molecule has 5 nitrogen and oxygen atoms in total. The lowest BCUT2D eigenvalue weighted by molar-refractivity contribution is 0.0940. The van der Waals surface area contributed by atoms with Crippen LogP contribution in [0.1, 0.15) is 16.8 Å². The van der Waals surface area contributed by atoms with Gasteiger partial charge in [-0.15, -0.1) is 0 Å². The molecule has 1 amide bonds. The number of nitrogens with one attached hydrogen (secondary N) is 1. The summed E-state index contributed by atoms with van der Waals surface area (Å²) in [5.74, 6) is 0.924. The zero-order valence-corrected chi connectivity index (χ0v) is 11.1. The Kier molecular flexibility index (Phi) is 3.58. The highest BCUT2D eigenvalue weighted by Gasteiger charge is 2.24. The SMILES string of the molecule is O=C(N[C@H]1CCN(c2ccccn2)C1)c1ccncc1. The fraction of sp³-hybridized carbons (Fsp3) is 0.267. The molecule has 0 aromatic carbocycles. The first-order valence-corrected chi connectivity index (χ1v) is 6.70. The number of pyridine rings is 2. The van der Waals surface area contributed by atoms with Gasteiger partial charge < -0.3 is 10.2 Å². The van der Waals surface area contributed by atoms with Crippen LogP contribution in [0.4, 0.5) is 5.82 Å². The van der Waals surface area contributed by atoms with Crippen molar-refractivity contribution in [2.45, 2.75) is 12.5 Å². The topological polar surface area (TPSA) is 58.1 Å². The van der Waals surface area contributed by atoms with Crippen molar-refractivity contribution in [2.75, 3.05) is 18.0 Å². The van der Waals surface area contributed by atoms with Crippen LogP contribution in [0.2, 0.25) is 0 Å². The molecule has 1 N–H and O–H groups in total. The fourth-order valence-corrected chi connectivity index (χ4v) is 2.40. The summed E-state index contributed by atoms with van der Waals surface area (Å²) >= 11 is 0. The van der Waals surface area contributed by atoms with E-state index < -0.39 is 0 Å². The summed E-state index contributed by atoms with van der Waals surface area (Å²) in [6, 6.07) is 9.49. The molecule has 1 aliphatic rings. The normalized spacial score (nSPS) is 18.0. The minimum absolute atomic E-state index is 0.0414. The molecule has 0 bridgehead atoms. The number of amides is 1. The molecule has 1 aliphatic heterocycles. The molecule has 0 unspecified atom stereocenters. The lowest BCUT2D eigenvalue weighted by Crippen LogP contribution is -2.37. The van der Waals surface area contributed by atoms with Crippen molar-refractivity contribution in [2.24, 2.45) is 0 Å². The second-order valence-electron chi connectivity index (χ2n) is 4.83. The highest BCUT2D eigenvalue weighted by Crippen LogP contribution is 2.17. The Labute approximate surface area is 117 Å². The lowest BCUT2D eigenvalue weighted by atomic mass is 10.2. The van der Waals surface area contributed by atoms with E-state index in [2.05, 4.69) is 20.2 Å². The molecule has 2 aromatic heterocycles. The van der Waals surface area contributed by atoms with Gasteiger partial charge in [0.25, 0.3) is 5.91 Å². The van der Waals surface area contributed by atoms with Gasteiger partial charge in [-0.05, 0) is 30.7 Å². The van der Waals surface area contributed by atoms with Crippen LogP contribution in [0, 0.1) is 0 Å². The van der Waals surface area contributed by atoms with E-state index >= 15 is 0 Å². The first-order chi connectivity index (χ1) is 9.83. The van der Waals surface area contributed by atoms with E-state index in [9.17, 15) is 4.79 Å². The van der Waals surface area contributed by atoms with Crippen molar-refractivity contribution in [3.05, 3.63) is 54.5 Å². The largest absolute Gasteiger partial charge is 0.354 e. The quantitative estimate of drug-likeness (QED) is 0.916. The van der Waals surface area contributed by atoms with Crippen molar-refractivity contribution < 1.29 is 4.79 Å². The summed E-state index contributed by atoms with van der Waals surface area (Å²) < 4.78 is 0. The van der Waals surface area contributed by atoms with Crippen LogP contribution in [-0.4, -0.2) is 35.0 Å². The molecule has 0 aliphatic carbocycles. The molecule has 1 atom stereocenters. The standard InChI is InChI=1S/C15H16N4O/c20-15(12-4-8-16-9-5-12)18-13-6-10-19(11-13)14-3-1-2-7-17-14/h1-5,7-9,13H,6,10-11H2,(H,18,20)/t13-/m0/s1. The number of rotatable bonds is 3. The molecule has 1 saturated heterocycles. The Hall–Kier alpha value is -2.43. The smallest absolute Gasteiger partial charge is 0.251 e. The number of carbonyl (C=O) groups is 1. The van der Waals surface area contributed by atoms with Crippen molar-refractivity contribution in [1.82, 2.24) is 15.3 Å². The Morgan fingerprint density at radius 2 is 2.05 bits per heavy atom. The van der Waals surface area contributed by atoms with Gasteiger partial charge in [0.15, 0.2) is 0 Å². The summed E-state index contributed by atoms with van der Waals surface area (Å²) in [5.41, 5.74) is 0.649. The van der Waals surface area contributed by atoms with E-state index in [1.165, 1.54) is 0 Å². The van der Waals surface area contributed by atoms with E-state index in [1.807, 2.05) is 18.2 Å². The maximum absolute atomic E-state index is 12.1. The summed E-state index contributed by atoms with van der Waals surface area (Å²) in [4.78, 5) is 22.5. The van der Waals surface area contributed by atoms with Gasteiger partial charge in [-0.3, -0.25) is 9.78 Å². The Morgan fingerprint density at radius 3 is 2.80 bits per heavy atom. The van der Waals surface area contributed by atoms with Gasteiger partial charge in [-0.1, -0.05) is 6.07 Å². The number of hydrogen-bond donors (Lipinski definition) is 1. The molecule has 0 spiro atoms. The van der Waals surface area contributed by atoms with Crippen LogP contribution in [-0.2, 0) is 0 Å². The first kappa shape index (κ1) is 12.6. The molecule has 102 valence electrons. The molecule has 2 aromatic rings. The minimum atomic E-state index is -0.0414. The third-order valence-electron chi connectivity index (χ3n) is 3.44. The number of hydrogen-bond acceptors (Lipinski definition) is 4. The highest BCUT2D eigenvalue weighted by atomic mass is 16.1. The summed E-state index contributed by atoms with van der Waals surface area (Å²) in [7, 11) is 0. The van der Waals surface area contributed by atoms with Crippen LogP contribution < -0.4 is 10.2 Å². The van der Waals surface area contributed by atoms with E-state index in [1.54, 1.807) is 30.7 Å². The molecule has 20 heavy (non-hydrogen) atoms. The molecule has 3 heterocycles. The van der Waals surface area contributed by atoms with Crippen LogP contribution in [0.5, 0.6) is 0 Å². The van der Waals surface area contributed by atoms with Crippen LogP contribution in [0.25, 0.3) is 0 Å². The van der Waals surface area contributed by atoms with Crippen molar-refractivity contribution in [3.8, 4) is 0 Å². The Morgan fingerprint density at radius 1 is 1.20 bits per heavy atom. The lowest BCUT2D eigenvalue weighted by Gasteiger charge is -2.17. The van der Waals surface area contributed by atoms with E-state index in [-0.39, 0.29) is 11.9 Å². The summed E-state index contributed by atoms with van der Waals surface area (Å²) in [6.45, 7) is 1.71. The van der Waals surface area contributed by atoms with Crippen LogP contribution in [0.3, 0.4) is 0 Å². The molecule has 0 saturated carbocycles. The first-order valence-electron chi connectivity index (χ1n) is 6.70. The third-order valence-corrected chi connectivity index (χ3v) is 3.44.